The average molecular weight is 241 g/mol. The van der Waals surface area contributed by atoms with Gasteiger partial charge in [-0.1, -0.05) is 0 Å². The molecule has 5 nitrogen and oxygen atoms in total. The molecule has 5 heteroatoms. The fourth-order valence-corrected chi connectivity index (χ4v) is 1.92. The van der Waals surface area contributed by atoms with Crippen molar-refractivity contribution in [2.75, 3.05) is 33.7 Å². The van der Waals surface area contributed by atoms with Crippen molar-refractivity contribution < 1.29 is 9.59 Å². The molecule has 0 aliphatic carbocycles. The molecule has 1 saturated heterocycles. The quantitative estimate of drug-likeness (QED) is 0.686. The standard InChI is InChI=1S/C12H23N3O2/c1-15(2)12(17)6-8-14-11(16)4-3-10-5-7-13-9-10/h10,13H,3-9H2,1-2H3,(H,14,16). The number of nitrogens with one attached hydrogen (secondary N) is 2. The number of nitrogens with zero attached hydrogens (tertiary/aromatic N) is 1. The zero-order chi connectivity index (χ0) is 12.7. The van der Waals surface area contributed by atoms with Crippen LogP contribution in [-0.4, -0.2) is 50.4 Å². The smallest absolute Gasteiger partial charge is 0.223 e. The number of hydrogen-bond donors (Lipinski definition) is 2. The summed E-state index contributed by atoms with van der Waals surface area (Å²) in [5.41, 5.74) is 0. The molecule has 0 aromatic carbocycles. The van der Waals surface area contributed by atoms with Crippen molar-refractivity contribution in [2.45, 2.75) is 25.7 Å². The first kappa shape index (κ1) is 14.0. The van der Waals surface area contributed by atoms with Crippen LogP contribution in [0.2, 0.25) is 0 Å². The molecule has 0 radical (unpaired) electrons. The van der Waals surface area contributed by atoms with Gasteiger partial charge in [-0.3, -0.25) is 9.59 Å². The van der Waals surface area contributed by atoms with Crippen molar-refractivity contribution >= 4 is 11.8 Å². The number of hydrogen-bond acceptors (Lipinski definition) is 3. The molecule has 1 unspecified atom stereocenters. The molecule has 0 saturated carbocycles. The third-order valence-corrected chi connectivity index (χ3v) is 3.10. The molecule has 1 aliphatic heterocycles. The van der Waals surface area contributed by atoms with Crippen molar-refractivity contribution in [3.8, 4) is 0 Å². The van der Waals surface area contributed by atoms with Crippen LogP contribution in [0.1, 0.15) is 25.7 Å². The minimum atomic E-state index is 0.0466. The monoisotopic (exact) mass is 241 g/mol. The normalized spacial score (nSPS) is 19.1. The van der Waals surface area contributed by atoms with Crippen LogP contribution in [0.3, 0.4) is 0 Å². The van der Waals surface area contributed by atoms with Crippen LogP contribution in [0.4, 0.5) is 0 Å². The summed E-state index contributed by atoms with van der Waals surface area (Å²) < 4.78 is 0. The molecule has 2 N–H and O–H groups in total. The molecular weight excluding hydrogens is 218 g/mol. The summed E-state index contributed by atoms with van der Waals surface area (Å²) in [6, 6.07) is 0. The van der Waals surface area contributed by atoms with E-state index in [4.69, 9.17) is 0 Å². The molecule has 0 bridgehead atoms. The first-order chi connectivity index (χ1) is 8.09. The van der Waals surface area contributed by atoms with E-state index < -0.39 is 0 Å². The van der Waals surface area contributed by atoms with E-state index in [0.29, 0.717) is 25.3 Å². The van der Waals surface area contributed by atoms with Gasteiger partial charge in [0.2, 0.25) is 11.8 Å². The Balaban J connectivity index is 2.02. The average Bonchev–Trinajstić information content (AvgIpc) is 2.78. The lowest BCUT2D eigenvalue weighted by atomic mass is 10.0. The van der Waals surface area contributed by atoms with E-state index in [2.05, 4.69) is 10.6 Å². The summed E-state index contributed by atoms with van der Waals surface area (Å²) in [4.78, 5) is 24.3. The van der Waals surface area contributed by atoms with E-state index in [1.165, 1.54) is 11.3 Å². The lowest BCUT2D eigenvalue weighted by molar-refractivity contribution is -0.128. The predicted molar refractivity (Wildman–Crippen MR) is 66.5 cm³/mol. The molecule has 1 aliphatic rings. The maximum Gasteiger partial charge on any atom is 0.223 e. The van der Waals surface area contributed by atoms with Gasteiger partial charge in [-0.05, 0) is 31.8 Å². The minimum Gasteiger partial charge on any atom is -0.356 e. The SMILES string of the molecule is CN(C)C(=O)CCNC(=O)CCC1CCNC1. The van der Waals surface area contributed by atoms with Gasteiger partial charge < -0.3 is 15.5 Å². The minimum absolute atomic E-state index is 0.0466. The number of amides is 2. The van der Waals surface area contributed by atoms with Crippen LogP contribution in [0, 0.1) is 5.92 Å². The highest BCUT2D eigenvalue weighted by Crippen LogP contribution is 2.13. The molecule has 1 fully saturated rings. The first-order valence-electron chi connectivity index (χ1n) is 6.27. The van der Waals surface area contributed by atoms with Crippen LogP contribution in [-0.2, 0) is 9.59 Å². The van der Waals surface area contributed by atoms with Crippen LogP contribution in [0.25, 0.3) is 0 Å². The topological polar surface area (TPSA) is 61.4 Å². The van der Waals surface area contributed by atoms with Gasteiger partial charge in [-0.15, -0.1) is 0 Å². The van der Waals surface area contributed by atoms with Crippen LogP contribution in [0.5, 0.6) is 0 Å². The largest absolute Gasteiger partial charge is 0.356 e. The molecule has 0 aromatic rings. The van der Waals surface area contributed by atoms with Gasteiger partial charge in [0.05, 0.1) is 0 Å². The highest BCUT2D eigenvalue weighted by molar-refractivity contribution is 5.78. The number of carbonyl (C=O) groups excluding carboxylic acids is 2. The second-order valence-corrected chi connectivity index (χ2v) is 4.79. The van der Waals surface area contributed by atoms with Crippen molar-refractivity contribution in [1.82, 2.24) is 15.5 Å². The molecule has 17 heavy (non-hydrogen) atoms. The molecule has 0 aromatic heterocycles. The molecular formula is C12H23N3O2. The van der Waals surface area contributed by atoms with Crippen LogP contribution < -0.4 is 10.6 Å². The summed E-state index contributed by atoms with van der Waals surface area (Å²) in [6.07, 6.45) is 3.07. The van der Waals surface area contributed by atoms with Gasteiger partial charge in [0.1, 0.15) is 0 Å². The molecule has 2 amide bonds. The van der Waals surface area contributed by atoms with E-state index in [0.717, 1.165) is 19.5 Å². The number of rotatable bonds is 6. The summed E-state index contributed by atoms with van der Waals surface area (Å²) in [5.74, 6) is 0.748. The lowest BCUT2D eigenvalue weighted by Gasteiger charge is -2.11. The second kappa shape index (κ2) is 7.27. The summed E-state index contributed by atoms with van der Waals surface area (Å²) in [5, 5.41) is 6.07. The summed E-state index contributed by atoms with van der Waals surface area (Å²) in [7, 11) is 3.44. The van der Waals surface area contributed by atoms with Gasteiger partial charge in [0.15, 0.2) is 0 Å². The van der Waals surface area contributed by atoms with Crippen molar-refractivity contribution in [3.05, 3.63) is 0 Å². The Bertz CT molecular complexity index is 260. The van der Waals surface area contributed by atoms with E-state index in [9.17, 15) is 9.59 Å². The Labute approximate surface area is 103 Å². The fourth-order valence-electron chi connectivity index (χ4n) is 1.92. The van der Waals surface area contributed by atoms with Gasteiger partial charge in [0.25, 0.3) is 0 Å². The van der Waals surface area contributed by atoms with Crippen LogP contribution >= 0.6 is 0 Å². The van der Waals surface area contributed by atoms with Crippen molar-refractivity contribution in [3.63, 3.8) is 0 Å². The highest BCUT2D eigenvalue weighted by atomic mass is 16.2. The van der Waals surface area contributed by atoms with Gasteiger partial charge in [-0.25, -0.2) is 0 Å². The lowest BCUT2D eigenvalue weighted by Crippen LogP contribution is -2.30. The molecule has 98 valence electrons. The zero-order valence-electron chi connectivity index (χ0n) is 10.8. The molecule has 0 spiro atoms. The second-order valence-electron chi connectivity index (χ2n) is 4.79. The summed E-state index contributed by atoms with van der Waals surface area (Å²) >= 11 is 0. The predicted octanol–water partition coefficient (Wildman–Crippen LogP) is -0.0294. The van der Waals surface area contributed by atoms with Crippen molar-refractivity contribution in [1.29, 1.82) is 0 Å². The van der Waals surface area contributed by atoms with E-state index in [-0.39, 0.29) is 11.8 Å². The summed E-state index contributed by atoms with van der Waals surface area (Å²) in [6.45, 7) is 2.55. The Hall–Kier alpha value is -1.10. The molecule has 1 atom stereocenters. The molecule has 1 rings (SSSR count). The van der Waals surface area contributed by atoms with Crippen LogP contribution in [0.15, 0.2) is 0 Å². The maximum atomic E-state index is 11.5. The third-order valence-electron chi connectivity index (χ3n) is 3.10. The van der Waals surface area contributed by atoms with Gasteiger partial charge in [-0.2, -0.15) is 0 Å². The zero-order valence-corrected chi connectivity index (χ0v) is 10.8. The Morgan fingerprint density at radius 2 is 2.12 bits per heavy atom. The highest BCUT2D eigenvalue weighted by Gasteiger charge is 2.15. The van der Waals surface area contributed by atoms with E-state index in [1.807, 2.05) is 0 Å². The van der Waals surface area contributed by atoms with Gasteiger partial charge >= 0.3 is 0 Å². The first-order valence-corrected chi connectivity index (χ1v) is 6.27. The molecule has 1 heterocycles. The van der Waals surface area contributed by atoms with Gasteiger partial charge in [0, 0.05) is 33.5 Å². The number of carbonyl (C=O) groups is 2. The third kappa shape index (κ3) is 5.68. The maximum absolute atomic E-state index is 11.5. The fraction of sp³-hybridized carbons (Fsp3) is 0.833. The van der Waals surface area contributed by atoms with E-state index in [1.54, 1.807) is 14.1 Å². The Kier molecular flexibility index (Phi) is 5.97. The van der Waals surface area contributed by atoms with E-state index >= 15 is 0 Å². The Morgan fingerprint density at radius 3 is 2.71 bits per heavy atom. The van der Waals surface area contributed by atoms with Crippen molar-refractivity contribution in [2.24, 2.45) is 5.92 Å². The Morgan fingerprint density at radius 1 is 1.35 bits per heavy atom.